The van der Waals surface area contributed by atoms with Gasteiger partial charge in [-0.1, -0.05) is 32.4 Å². The number of aliphatic hydroxyl groups is 1. The van der Waals surface area contributed by atoms with Gasteiger partial charge in [-0.25, -0.2) is 15.0 Å². The van der Waals surface area contributed by atoms with Crippen molar-refractivity contribution in [3.63, 3.8) is 0 Å². The lowest BCUT2D eigenvalue weighted by Gasteiger charge is -2.19. The fourth-order valence-corrected chi connectivity index (χ4v) is 3.87. The van der Waals surface area contributed by atoms with Gasteiger partial charge in [0.2, 0.25) is 0 Å². The largest absolute Gasteiger partial charge is 0.394 e. The van der Waals surface area contributed by atoms with Crippen molar-refractivity contribution in [2.75, 3.05) is 18.5 Å². The fourth-order valence-electron chi connectivity index (χ4n) is 3.87. The molecule has 2 heterocycles. The average Bonchev–Trinajstić information content (AvgIpc) is 3.55. The number of nitrogens with two attached hydrogens (primary N) is 1. The summed E-state index contributed by atoms with van der Waals surface area (Å²) in [6, 6.07) is 5.58. The van der Waals surface area contributed by atoms with Crippen LogP contribution in [0.1, 0.15) is 72.5 Å². The molecule has 1 aliphatic rings. The Morgan fingerprint density at radius 1 is 1.42 bits per heavy atom. The molecule has 0 spiro atoms. The van der Waals surface area contributed by atoms with E-state index in [2.05, 4.69) is 33.8 Å². The van der Waals surface area contributed by atoms with E-state index in [1.807, 2.05) is 18.3 Å². The molecule has 0 saturated heterocycles. The summed E-state index contributed by atoms with van der Waals surface area (Å²) in [7, 11) is 0. The number of ketones is 1. The number of anilines is 1. The van der Waals surface area contributed by atoms with Crippen molar-refractivity contribution >= 4 is 17.7 Å². The van der Waals surface area contributed by atoms with Crippen molar-refractivity contribution in [1.82, 2.24) is 15.0 Å². The minimum atomic E-state index is -0.0321. The molecule has 7 nitrogen and oxygen atoms in total. The normalized spacial score (nSPS) is 18.4. The lowest BCUT2D eigenvalue weighted by atomic mass is 10.1. The second-order valence-corrected chi connectivity index (χ2v) is 8.18. The molecule has 2 aromatic heterocycles. The summed E-state index contributed by atoms with van der Waals surface area (Å²) in [5.74, 6) is 2.10. The van der Waals surface area contributed by atoms with Crippen LogP contribution in [0.5, 0.6) is 0 Å². The molecule has 31 heavy (non-hydrogen) atoms. The van der Waals surface area contributed by atoms with E-state index in [1.165, 1.54) is 0 Å². The number of pyridine rings is 1. The number of carbonyl (C=O) groups excluding carboxylic acids is 1. The van der Waals surface area contributed by atoms with Crippen molar-refractivity contribution in [3.05, 3.63) is 53.8 Å². The van der Waals surface area contributed by atoms with Gasteiger partial charge in [-0.2, -0.15) is 0 Å². The van der Waals surface area contributed by atoms with Crippen molar-refractivity contribution in [1.29, 1.82) is 0 Å². The van der Waals surface area contributed by atoms with Gasteiger partial charge in [0.15, 0.2) is 11.6 Å². The number of carbonyl (C=O) groups is 1. The molecule has 1 saturated carbocycles. The first kappa shape index (κ1) is 23.0. The van der Waals surface area contributed by atoms with Gasteiger partial charge in [-0.05, 0) is 55.9 Å². The third kappa shape index (κ3) is 6.18. The van der Waals surface area contributed by atoms with Gasteiger partial charge in [-0.3, -0.25) is 4.79 Å². The van der Waals surface area contributed by atoms with Gasteiger partial charge < -0.3 is 16.2 Å². The highest BCUT2D eigenvalue weighted by Gasteiger charge is 2.40. The second-order valence-electron chi connectivity index (χ2n) is 8.18. The number of rotatable bonds is 13. The molecule has 3 atom stereocenters. The van der Waals surface area contributed by atoms with E-state index in [0.717, 1.165) is 49.2 Å². The van der Waals surface area contributed by atoms with E-state index in [1.54, 1.807) is 12.1 Å². The average molecular weight is 424 g/mol. The number of hydrogen-bond donors (Lipinski definition) is 3. The summed E-state index contributed by atoms with van der Waals surface area (Å²) < 4.78 is 0. The van der Waals surface area contributed by atoms with Crippen LogP contribution in [0, 0.1) is 5.92 Å². The Bertz CT molecular complexity index is 901. The molecule has 0 aliphatic heterocycles. The number of hydrogen-bond acceptors (Lipinski definition) is 7. The van der Waals surface area contributed by atoms with E-state index < -0.39 is 0 Å². The molecule has 0 radical (unpaired) electrons. The quantitative estimate of drug-likeness (QED) is 0.423. The number of Topliss-reactive ketones (excluding diaryl/α,β-unsaturated/α-hetero) is 1. The van der Waals surface area contributed by atoms with Gasteiger partial charge in [0.1, 0.15) is 11.5 Å². The summed E-state index contributed by atoms with van der Waals surface area (Å²) in [6.07, 6.45) is 8.66. The van der Waals surface area contributed by atoms with Crippen LogP contribution in [-0.2, 0) is 6.42 Å². The number of nitrogens with one attached hydrogen (secondary N) is 1. The zero-order chi connectivity index (χ0) is 22.2. The van der Waals surface area contributed by atoms with Gasteiger partial charge in [0.05, 0.1) is 12.6 Å². The van der Waals surface area contributed by atoms with E-state index >= 15 is 0 Å². The van der Waals surface area contributed by atoms with Gasteiger partial charge in [-0.15, -0.1) is 0 Å². The van der Waals surface area contributed by atoms with Crippen molar-refractivity contribution in [3.8, 4) is 0 Å². The molecule has 1 aliphatic carbocycles. The number of aromatic nitrogens is 3. The molecule has 4 N–H and O–H groups in total. The standard InChI is InChI=1S/C24H33N5O2/c1-3-5-7-18(15-30)28-24-20(14-26-23(4-2)29-24)19-13-16(19)12-17-8-6-9-21(27-17)22(31)10-11-25/h4,6,8-9,14,16,18-19,30H,2-3,5,7,10-13,15,25H2,1H3,(H,26,28,29)/t16?,18-,19?/m0/s1. The molecule has 3 rings (SSSR count). The highest BCUT2D eigenvalue weighted by Crippen LogP contribution is 2.50. The van der Waals surface area contributed by atoms with Crippen molar-refractivity contribution < 1.29 is 9.90 Å². The first-order valence-corrected chi connectivity index (χ1v) is 11.2. The van der Waals surface area contributed by atoms with Gasteiger partial charge in [0.25, 0.3) is 0 Å². The molecular formula is C24H33N5O2. The Labute approximate surface area is 184 Å². The summed E-state index contributed by atoms with van der Waals surface area (Å²) >= 11 is 0. The molecule has 0 aromatic carbocycles. The molecular weight excluding hydrogens is 390 g/mol. The Hall–Kier alpha value is -2.64. The van der Waals surface area contributed by atoms with Crippen molar-refractivity contribution in [2.45, 2.75) is 57.4 Å². The predicted molar refractivity (Wildman–Crippen MR) is 123 cm³/mol. The zero-order valence-electron chi connectivity index (χ0n) is 18.3. The molecule has 7 heteroatoms. The topological polar surface area (TPSA) is 114 Å². The summed E-state index contributed by atoms with van der Waals surface area (Å²) in [4.78, 5) is 25.7. The number of aliphatic hydroxyl groups excluding tert-OH is 1. The van der Waals surface area contributed by atoms with Crippen LogP contribution in [0.3, 0.4) is 0 Å². The first-order valence-electron chi connectivity index (χ1n) is 11.2. The van der Waals surface area contributed by atoms with E-state index in [4.69, 9.17) is 5.73 Å². The van der Waals surface area contributed by atoms with Crippen LogP contribution in [0.25, 0.3) is 6.08 Å². The van der Waals surface area contributed by atoms with Gasteiger partial charge >= 0.3 is 0 Å². The van der Waals surface area contributed by atoms with Gasteiger partial charge in [0, 0.05) is 23.9 Å². The highest BCUT2D eigenvalue weighted by atomic mass is 16.3. The lowest BCUT2D eigenvalue weighted by molar-refractivity contribution is 0.0980. The smallest absolute Gasteiger partial charge is 0.182 e. The SMILES string of the molecule is C=Cc1ncc(C2CC2Cc2cccc(C(=O)CCN)n2)c(N[C@H](CO)CCCC)n1. The lowest BCUT2D eigenvalue weighted by Crippen LogP contribution is -2.25. The third-order valence-electron chi connectivity index (χ3n) is 5.74. The molecule has 1 fully saturated rings. The zero-order valence-corrected chi connectivity index (χ0v) is 18.3. The monoisotopic (exact) mass is 423 g/mol. The Balaban J connectivity index is 1.72. The van der Waals surface area contributed by atoms with E-state index in [0.29, 0.717) is 36.3 Å². The second kappa shape index (κ2) is 11.1. The molecule has 2 unspecified atom stereocenters. The summed E-state index contributed by atoms with van der Waals surface area (Å²) in [6.45, 7) is 6.31. The predicted octanol–water partition coefficient (Wildman–Crippen LogP) is 3.36. The fraction of sp³-hybridized carbons (Fsp3) is 0.500. The van der Waals surface area contributed by atoms with Crippen LogP contribution in [0.4, 0.5) is 5.82 Å². The van der Waals surface area contributed by atoms with Crippen LogP contribution in [-0.4, -0.2) is 45.0 Å². The maximum absolute atomic E-state index is 12.1. The summed E-state index contributed by atoms with van der Waals surface area (Å²) in [5, 5.41) is 13.2. The van der Waals surface area contributed by atoms with Crippen molar-refractivity contribution in [2.24, 2.45) is 11.7 Å². The van der Waals surface area contributed by atoms with Crippen LogP contribution in [0.2, 0.25) is 0 Å². The number of unbranched alkanes of at least 4 members (excludes halogenated alkanes) is 1. The molecule has 0 bridgehead atoms. The van der Waals surface area contributed by atoms with Crippen LogP contribution in [0.15, 0.2) is 31.0 Å². The first-order chi connectivity index (χ1) is 15.1. The Morgan fingerprint density at radius 3 is 2.97 bits per heavy atom. The highest BCUT2D eigenvalue weighted by molar-refractivity contribution is 5.94. The minimum absolute atomic E-state index is 0.0151. The van der Waals surface area contributed by atoms with Crippen LogP contribution >= 0.6 is 0 Å². The summed E-state index contributed by atoms with van der Waals surface area (Å²) in [5.41, 5.74) is 7.98. The Kier molecular flexibility index (Phi) is 8.26. The number of nitrogens with zero attached hydrogens (tertiary/aromatic N) is 3. The maximum Gasteiger partial charge on any atom is 0.182 e. The minimum Gasteiger partial charge on any atom is -0.394 e. The van der Waals surface area contributed by atoms with E-state index in [-0.39, 0.29) is 18.4 Å². The molecule has 2 aromatic rings. The van der Waals surface area contributed by atoms with Crippen LogP contribution < -0.4 is 11.1 Å². The molecule has 0 amide bonds. The Morgan fingerprint density at radius 2 is 2.26 bits per heavy atom. The van der Waals surface area contributed by atoms with E-state index in [9.17, 15) is 9.90 Å². The third-order valence-corrected chi connectivity index (χ3v) is 5.74. The molecule has 166 valence electrons. The maximum atomic E-state index is 12.1.